The van der Waals surface area contributed by atoms with Crippen molar-refractivity contribution >= 4 is 19.2 Å². The number of amides is 1. The lowest BCUT2D eigenvalue weighted by Gasteiger charge is -2.33. The standard InChI is InChI=1S/C22H26BN3O3/c24-13-15-3-1-4-17(11-15)16-7-9-26(10-8-16)22(27)19-6-2-5-18-12-21(23(28)29)25-14-20(18)19/h1-6,11,14,16,21,28-29H,7-10,12-13,24H2. The Bertz CT molecular complexity index is 923. The van der Waals surface area contributed by atoms with Crippen LogP contribution in [0.1, 0.15) is 51.4 Å². The first-order chi connectivity index (χ1) is 14.1. The predicted molar refractivity (Wildman–Crippen MR) is 114 cm³/mol. The highest BCUT2D eigenvalue weighted by Crippen LogP contribution is 2.30. The molecule has 6 nitrogen and oxygen atoms in total. The van der Waals surface area contributed by atoms with E-state index >= 15 is 0 Å². The van der Waals surface area contributed by atoms with Crippen molar-refractivity contribution in [3.8, 4) is 0 Å². The largest absolute Gasteiger partial charge is 0.478 e. The zero-order valence-corrected chi connectivity index (χ0v) is 16.4. The highest BCUT2D eigenvalue weighted by Gasteiger charge is 2.30. The number of piperidine rings is 1. The van der Waals surface area contributed by atoms with Crippen LogP contribution in [0.15, 0.2) is 47.5 Å². The predicted octanol–water partition coefficient (Wildman–Crippen LogP) is 1.52. The molecule has 1 atom stereocenters. The third-order valence-corrected chi connectivity index (χ3v) is 6.04. The van der Waals surface area contributed by atoms with Gasteiger partial charge >= 0.3 is 7.12 Å². The third-order valence-electron chi connectivity index (χ3n) is 6.04. The molecule has 0 aromatic heterocycles. The number of carbonyl (C=O) groups excluding carboxylic acids is 1. The molecule has 150 valence electrons. The van der Waals surface area contributed by atoms with Crippen molar-refractivity contribution in [2.24, 2.45) is 10.7 Å². The van der Waals surface area contributed by atoms with Crippen LogP contribution in [0.4, 0.5) is 0 Å². The van der Waals surface area contributed by atoms with E-state index in [4.69, 9.17) is 5.73 Å². The van der Waals surface area contributed by atoms with Crippen molar-refractivity contribution in [1.82, 2.24) is 4.90 Å². The highest BCUT2D eigenvalue weighted by atomic mass is 16.4. The zero-order valence-electron chi connectivity index (χ0n) is 16.4. The van der Waals surface area contributed by atoms with Crippen LogP contribution in [0.25, 0.3) is 0 Å². The van der Waals surface area contributed by atoms with Crippen molar-refractivity contribution in [3.63, 3.8) is 0 Å². The number of nitrogens with zero attached hydrogens (tertiary/aromatic N) is 2. The van der Waals surface area contributed by atoms with Crippen LogP contribution in [0, 0.1) is 0 Å². The minimum Gasteiger partial charge on any atom is -0.426 e. The molecule has 1 unspecified atom stereocenters. The Hall–Kier alpha value is -2.48. The highest BCUT2D eigenvalue weighted by molar-refractivity contribution is 6.43. The number of likely N-dealkylation sites (tertiary alicyclic amines) is 1. The van der Waals surface area contributed by atoms with Gasteiger partial charge in [0.2, 0.25) is 0 Å². The number of fused-ring (bicyclic) bond motifs is 1. The summed E-state index contributed by atoms with van der Waals surface area (Å²) in [6.07, 6.45) is 3.90. The number of carbonyl (C=O) groups is 1. The van der Waals surface area contributed by atoms with Gasteiger partial charge in [-0.1, -0.05) is 36.4 Å². The molecular weight excluding hydrogens is 365 g/mol. The molecule has 29 heavy (non-hydrogen) atoms. The van der Waals surface area contributed by atoms with Gasteiger partial charge in [-0.25, -0.2) is 0 Å². The van der Waals surface area contributed by atoms with Gasteiger partial charge in [0.05, 0.1) is 5.94 Å². The molecule has 2 heterocycles. The molecule has 7 heteroatoms. The van der Waals surface area contributed by atoms with Gasteiger partial charge in [-0.3, -0.25) is 9.79 Å². The topological polar surface area (TPSA) is 99.2 Å². The van der Waals surface area contributed by atoms with E-state index in [2.05, 4.69) is 23.2 Å². The van der Waals surface area contributed by atoms with Crippen molar-refractivity contribution in [2.45, 2.75) is 37.7 Å². The SMILES string of the molecule is NCc1cccc(C2CCN(C(=O)c3cccc4c3C=NC(B(O)O)C4)CC2)c1. The van der Waals surface area contributed by atoms with Crippen molar-refractivity contribution in [3.05, 3.63) is 70.3 Å². The average molecular weight is 391 g/mol. The Morgan fingerprint density at radius 3 is 2.66 bits per heavy atom. The van der Waals surface area contributed by atoms with Crippen LogP contribution in [-0.4, -0.2) is 53.2 Å². The summed E-state index contributed by atoms with van der Waals surface area (Å²) < 4.78 is 0. The first-order valence-electron chi connectivity index (χ1n) is 10.2. The maximum atomic E-state index is 13.2. The molecule has 0 saturated carbocycles. The number of aliphatic imine (C=N–C) groups is 1. The number of nitrogens with two attached hydrogens (primary N) is 1. The Morgan fingerprint density at radius 1 is 1.17 bits per heavy atom. The second-order valence-electron chi connectivity index (χ2n) is 7.86. The number of hydrogen-bond acceptors (Lipinski definition) is 5. The van der Waals surface area contributed by atoms with Gasteiger partial charge in [0.25, 0.3) is 5.91 Å². The molecule has 2 aromatic rings. The average Bonchev–Trinajstić information content (AvgIpc) is 2.78. The Balaban J connectivity index is 1.46. The molecular formula is C22H26BN3O3. The normalized spacial score (nSPS) is 19.1. The van der Waals surface area contributed by atoms with Crippen LogP contribution in [0.2, 0.25) is 0 Å². The van der Waals surface area contributed by atoms with Gasteiger partial charge < -0.3 is 20.7 Å². The molecule has 0 spiro atoms. The number of benzene rings is 2. The summed E-state index contributed by atoms with van der Waals surface area (Å²) in [5.41, 5.74) is 10.6. The number of rotatable bonds is 4. The lowest BCUT2D eigenvalue weighted by molar-refractivity contribution is 0.0712. The maximum absolute atomic E-state index is 13.2. The summed E-state index contributed by atoms with van der Waals surface area (Å²) in [6, 6.07) is 14.0. The minimum atomic E-state index is -1.49. The second-order valence-corrected chi connectivity index (χ2v) is 7.86. The van der Waals surface area contributed by atoms with E-state index in [0.29, 0.717) is 24.4 Å². The molecule has 0 bridgehead atoms. The van der Waals surface area contributed by atoms with Gasteiger partial charge in [0, 0.05) is 37.0 Å². The van der Waals surface area contributed by atoms with Crippen LogP contribution in [0.3, 0.4) is 0 Å². The number of hydrogen-bond donors (Lipinski definition) is 3. The molecule has 0 radical (unpaired) electrons. The fraction of sp³-hybridized carbons (Fsp3) is 0.364. The monoisotopic (exact) mass is 391 g/mol. The molecule has 1 fully saturated rings. The van der Waals surface area contributed by atoms with E-state index in [1.807, 2.05) is 29.2 Å². The summed E-state index contributed by atoms with van der Waals surface area (Å²) in [4.78, 5) is 19.3. The first kappa shape index (κ1) is 19.8. The van der Waals surface area contributed by atoms with Gasteiger partial charge in [-0.15, -0.1) is 0 Å². The minimum absolute atomic E-state index is 0.0189. The van der Waals surface area contributed by atoms with E-state index < -0.39 is 13.1 Å². The van der Waals surface area contributed by atoms with Crippen LogP contribution in [0.5, 0.6) is 0 Å². The smallest absolute Gasteiger partial charge is 0.426 e. The van der Waals surface area contributed by atoms with Gasteiger partial charge in [-0.2, -0.15) is 0 Å². The van der Waals surface area contributed by atoms with E-state index in [-0.39, 0.29) is 5.91 Å². The fourth-order valence-electron chi connectivity index (χ4n) is 4.32. The van der Waals surface area contributed by atoms with E-state index in [9.17, 15) is 14.8 Å². The lowest BCUT2D eigenvalue weighted by atomic mass is 9.74. The van der Waals surface area contributed by atoms with Gasteiger partial charge in [-0.05, 0) is 47.9 Å². The molecule has 4 N–H and O–H groups in total. The van der Waals surface area contributed by atoms with Gasteiger partial charge in [0.15, 0.2) is 0 Å². The van der Waals surface area contributed by atoms with E-state index in [0.717, 1.165) is 42.6 Å². The summed E-state index contributed by atoms with van der Waals surface area (Å²) in [5.74, 6) is -0.109. The van der Waals surface area contributed by atoms with E-state index in [1.54, 1.807) is 6.21 Å². The molecule has 0 aliphatic carbocycles. The molecule has 2 aliphatic rings. The quantitative estimate of drug-likeness (QED) is 0.689. The molecule has 1 amide bonds. The summed E-state index contributed by atoms with van der Waals surface area (Å²) in [5, 5.41) is 18.8. The molecule has 2 aliphatic heterocycles. The second kappa shape index (κ2) is 8.49. The van der Waals surface area contributed by atoms with Crippen LogP contribution < -0.4 is 5.73 Å². The Kier molecular flexibility index (Phi) is 5.80. The zero-order chi connectivity index (χ0) is 20.4. The van der Waals surface area contributed by atoms with Crippen molar-refractivity contribution in [2.75, 3.05) is 13.1 Å². The lowest BCUT2D eigenvalue weighted by Crippen LogP contribution is -2.39. The Morgan fingerprint density at radius 2 is 1.93 bits per heavy atom. The van der Waals surface area contributed by atoms with Crippen LogP contribution >= 0.6 is 0 Å². The Labute approximate surface area is 171 Å². The van der Waals surface area contributed by atoms with Crippen molar-refractivity contribution < 1.29 is 14.8 Å². The third kappa shape index (κ3) is 4.12. The summed E-state index contributed by atoms with van der Waals surface area (Å²) >= 11 is 0. The fourth-order valence-corrected chi connectivity index (χ4v) is 4.32. The molecule has 2 aromatic carbocycles. The van der Waals surface area contributed by atoms with Crippen molar-refractivity contribution in [1.29, 1.82) is 0 Å². The summed E-state index contributed by atoms with van der Waals surface area (Å²) in [7, 11) is -1.49. The van der Waals surface area contributed by atoms with Gasteiger partial charge in [0.1, 0.15) is 0 Å². The molecule has 1 saturated heterocycles. The first-order valence-corrected chi connectivity index (χ1v) is 10.2. The summed E-state index contributed by atoms with van der Waals surface area (Å²) in [6.45, 7) is 1.98. The van der Waals surface area contributed by atoms with Crippen LogP contribution in [-0.2, 0) is 13.0 Å². The maximum Gasteiger partial charge on any atom is 0.478 e. The van der Waals surface area contributed by atoms with E-state index in [1.165, 1.54) is 5.56 Å². The molecule has 4 rings (SSSR count).